The molecule has 0 atom stereocenters. The second-order valence-corrected chi connectivity index (χ2v) is 7.95. The van der Waals surface area contributed by atoms with E-state index in [4.69, 9.17) is 5.73 Å². The first-order chi connectivity index (χ1) is 9.36. The van der Waals surface area contributed by atoms with Crippen LogP contribution in [0.5, 0.6) is 0 Å². The highest BCUT2D eigenvalue weighted by Gasteiger charge is 2.25. The molecule has 0 radical (unpaired) electrons. The Morgan fingerprint density at radius 2 is 1.90 bits per heavy atom. The molecular weight excluding hydrogens is 292 g/mol. The van der Waals surface area contributed by atoms with Gasteiger partial charge in [-0.15, -0.1) is 11.3 Å². The third-order valence-corrected chi connectivity index (χ3v) is 6.47. The zero-order valence-electron chi connectivity index (χ0n) is 11.8. The fourth-order valence-corrected chi connectivity index (χ4v) is 4.80. The van der Waals surface area contributed by atoms with E-state index in [1.807, 2.05) is 32.9 Å². The zero-order valence-corrected chi connectivity index (χ0v) is 13.4. The molecule has 0 bridgehead atoms. The summed E-state index contributed by atoms with van der Waals surface area (Å²) in [7, 11) is -3.52. The maximum atomic E-state index is 12.7. The molecular formula is C14H18N2O2S2. The predicted molar refractivity (Wildman–Crippen MR) is 84.9 cm³/mol. The van der Waals surface area contributed by atoms with Crippen LogP contribution in [0.15, 0.2) is 34.5 Å². The minimum atomic E-state index is -3.52. The van der Waals surface area contributed by atoms with Gasteiger partial charge in [-0.1, -0.05) is 6.07 Å². The van der Waals surface area contributed by atoms with E-state index >= 15 is 0 Å². The highest BCUT2D eigenvalue weighted by molar-refractivity contribution is 7.94. The van der Waals surface area contributed by atoms with Crippen LogP contribution in [0.3, 0.4) is 0 Å². The molecule has 2 rings (SSSR count). The van der Waals surface area contributed by atoms with E-state index in [1.54, 1.807) is 18.2 Å². The van der Waals surface area contributed by atoms with Crippen LogP contribution in [0.1, 0.15) is 17.4 Å². The van der Waals surface area contributed by atoms with E-state index in [0.717, 1.165) is 10.4 Å². The fourth-order valence-electron chi connectivity index (χ4n) is 1.93. The van der Waals surface area contributed by atoms with Crippen LogP contribution >= 0.6 is 11.3 Å². The Hall–Kier alpha value is -1.53. The number of aryl methyl sites for hydroxylation is 2. The number of hydrogen-bond acceptors (Lipinski definition) is 4. The highest BCUT2D eigenvalue weighted by Crippen LogP contribution is 2.29. The fraction of sp³-hybridized carbons (Fsp3) is 0.286. The average Bonchev–Trinajstić information content (AvgIpc) is 2.82. The minimum absolute atomic E-state index is 0.357. The third kappa shape index (κ3) is 2.66. The van der Waals surface area contributed by atoms with Crippen LogP contribution in [0.4, 0.5) is 11.4 Å². The summed E-state index contributed by atoms with van der Waals surface area (Å²) in [6, 6.07) is 8.79. The molecule has 0 aliphatic carbocycles. The van der Waals surface area contributed by atoms with Crippen molar-refractivity contribution in [1.29, 1.82) is 0 Å². The highest BCUT2D eigenvalue weighted by atomic mass is 32.2. The van der Waals surface area contributed by atoms with Crippen molar-refractivity contribution in [2.24, 2.45) is 0 Å². The van der Waals surface area contributed by atoms with Crippen LogP contribution in [-0.2, 0) is 10.0 Å². The van der Waals surface area contributed by atoms with Gasteiger partial charge in [-0.25, -0.2) is 8.42 Å². The first-order valence-electron chi connectivity index (χ1n) is 6.31. The first kappa shape index (κ1) is 14.9. The van der Waals surface area contributed by atoms with Crippen LogP contribution in [0.2, 0.25) is 0 Å². The average molecular weight is 310 g/mol. The van der Waals surface area contributed by atoms with Crippen molar-refractivity contribution >= 4 is 32.7 Å². The number of anilines is 2. The number of nitrogens with two attached hydrogens (primary N) is 1. The van der Waals surface area contributed by atoms with Gasteiger partial charge >= 0.3 is 0 Å². The van der Waals surface area contributed by atoms with Crippen LogP contribution in [-0.4, -0.2) is 15.0 Å². The van der Waals surface area contributed by atoms with Gasteiger partial charge < -0.3 is 5.73 Å². The van der Waals surface area contributed by atoms with E-state index in [1.165, 1.54) is 15.6 Å². The molecule has 0 saturated heterocycles. The Kier molecular flexibility index (Phi) is 4.06. The molecule has 0 amide bonds. The number of rotatable bonds is 4. The normalized spacial score (nSPS) is 11.6. The molecule has 1 aromatic carbocycles. The van der Waals surface area contributed by atoms with E-state index in [2.05, 4.69) is 0 Å². The Morgan fingerprint density at radius 3 is 2.40 bits per heavy atom. The lowest BCUT2D eigenvalue weighted by molar-refractivity contribution is 0.594. The summed E-state index contributed by atoms with van der Waals surface area (Å²) in [5.41, 5.74) is 8.01. The van der Waals surface area contributed by atoms with Gasteiger partial charge in [-0.3, -0.25) is 4.31 Å². The number of thiophene rings is 1. The van der Waals surface area contributed by atoms with Gasteiger partial charge in [0.25, 0.3) is 10.0 Å². The van der Waals surface area contributed by atoms with E-state index in [0.29, 0.717) is 22.1 Å². The number of sulfonamides is 1. The SMILES string of the molecule is CCN(c1ccc(C)c(N)c1)S(=O)(=O)c1ccc(C)s1. The van der Waals surface area contributed by atoms with Crippen molar-refractivity contribution in [3.63, 3.8) is 0 Å². The van der Waals surface area contributed by atoms with Crippen LogP contribution in [0.25, 0.3) is 0 Å². The molecule has 2 N–H and O–H groups in total. The summed E-state index contributed by atoms with van der Waals surface area (Å²) < 4.78 is 27.1. The summed E-state index contributed by atoms with van der Waals surface area (Å²) in [5, 5.41) is 0. The zero-order chi connectivity index (χ0) is 14.9. The molecule has 20 heavy (non-hydrogen) atoms. The molecule has 0 saturated carbocycles. The molecule has 0 aliphatic heterocycles. The van der Waals surface area contributed by atoms with Gasteiger partial charge in [-0.05, 0) is 50.6 Å². The van der Waals surface area contributed by atoms with Crippen molar-refractivity contribution in [2.45, 2.75) is 25.0 Å². The Bertz CT molecular complexity index is 721. The predicted octanol–water partition coefficient (Wildman–Crippen LogP) is 3.16. The van der Waals surface area contributed by atoms with E-state index < -0.39 is 10.0 Å². The van der Waals surface area contributed by atoms with E-state index in [9.17, 15) is 8.42 Å². The quantitative estimate of drug-likeness (QED) is 0.882. The first-order valence-corrected chi connectivity index (χ1v) is 8.57. The van der Waals surface area contributed by atoms with Crippen molar-refractivity contribution in [3.8, 4) is 0 Å². The molecule has 1 heterocycles. The molecule has 0 aliphatic rings. The molecule has 0 fully saturated rings. The summed E-state index contributed by atoms with van der Waals surface area (Å²) in [6.45, 7) is 5.96. The second-order valence-electron chi connectivity index (χ2n) is 4.58. The van der Waals surface area contributed by atoms with E-state index in [-0.39, 0.29) is 0 Å². The van der Waals surface area contributed by atoms with Crippen molar-refractivity contribution < 1.29 is 8.42 Å². The maximum absolute atomic E-state index is 12.7. The number of hydrogen-bond donors (Lipinski definition) is 1. The summed E-state index contributed by atoms with van der Waals surface area (Å²) >= 11 is 1.28. The largest absolute Gasteiger partial charge is 0.398 e. The van der Waals surface area contributed by atoms with Gasteiger partial charge in [-0.2, -0.15) is 0 Å². The molecule has 6 heteroatoms. The van der Waals surface area contributed by atoms with Gasteiger partial charge in [0.1, 0.15) is 4.21 Å². The second kappa shape index (κ2) is 5.46. The van der Waals surface area contributed by atoms with Gasteiger partial charge in [0, 0.05) is 17.1 Å². The smallest absolute Gasteiger partial charge is 0.273 e. The molecule has 4 nitrogen and oxygen atoms in total. The lowest BCUT2D eigenvalue weighted by atomic mass is 10.2. The minimum Gasteiger partial charge on any atom is -0.398 e. The van der Waals surface area contributed by atoms with Gasteiger partial charge in [0.2, 0.25) is 0 Å². The molecule has 108 valence electrons. The number of nitrogens with zero attached hydrogens (tertiary/aromatic N) is 1. The van der Waals surface area contributed by atoms with Gasteiger partial charge in [0.05, 0.1) is 5.69 Å². The van der Waals surface area contributed by atoms with Crippen molar-refractivity contribution in [1.82, 2.24) is 0 Å². The van der Waals surface area contributed by atoms with Crippen LogP contribution in [0, 0.1) is 13.8 Å². The third-order valence-electron chi connectivity index (χ3n) is 3.10. The van der Waals surface area contributed by atoms with Crippen molar-refractivity contribution in [3.05, 3.63) is 40.8 Å². The van der Waals surface area contributed by atoms with Crippen molar-refractivity contribution in [2.75, 3.05) is 16.6 Å². The van der Waals surface area contributed by atoms with Crippen LogP contribution < -0.4 is 10.0 Å². The number of benzene rings is 1. The lowest BCUT2D eigenvalue weighted by Gasteiger charge is -2.22. The monoisotopic (exact) mass is 310 g/mol. The Morgan fingerprint density at radius 1 is 1.20 bits per heavy atom. The summed E-state index contributed by atoms with van der Waals surface area (Å²) in [6.07, 6.45) is 0. The topological polar surface area (TPSA) is 63.4 Å². The molecule has 2 aromatic rings. The maximum Gasteiger partial charge on any atom is 0.273 e. The standard InChI is InChI=1S/C14H18N2O2S2/c1-4-16(12-7-5-10(2)13(15)9-12)20(17,18)14-8-6-11(3)19-14/h5-9H,4,15H2,1-3H3. The summed E-state index contributed by atoms with van der Waals surface area (Å²) in [5.74, 6) is 0. The molecule has 0 unspecified atom stereocenters. The summed E-state index contributed by atoms with van der Waals surface area (Å²) in [4.78, 5) is 0.975. The molecule has 1 aromatic heterocycles. The van der Waals surface area contributed by atoms with Gasteiger partial charge in [0.15, 0.2) is 0 Å². The Labute approximate surface area is 123 Å². The lowest BCUT2D eigenvalue weighted by Crippen LogP contribution is -2.30. The Balaban J connectivity index is 2.48. The molecule has 0 spiro atoms. The number of nitrogen functional groups attached to an aromatic ring is 1.